The molecule has 0 spiro atoms. The lowest BCUT2D eigenvalue weighted by Crippen LogP contribution is -2.63. The average Bonchev–Trinajstić information content (AvgIpc) is 3.48. The number of aliphatic hydroxyl groups is 1. The first-order valence-corrected chi connectivity index (χ1v) is 14.6. The van der Waals surface area contributed by atoms with Crippen molar-refractivity contribution in [1.29, 1.82) is 0 Å². The third-order valence-electron chi connectivity index (χ3n) is 8.21. The maximum Gasteiger partial charge on any atom is 0.511 e. The highest BCUT2D eigenvalue weighted by atomic mass is 32.1. The van der Waals surface area contributed by atoms with Gasteiger partial charge in [0.15, 0.2) is 0 Å². The van der Waals surface area contributed by atoms with Gasteiger partial charge in [-0.1, -0.05) is 13.3 Å². The first-order valence-electron chi connectivity index (χ1n) is 13.8. The van der Waals surface area contributed by atoms with Gasteiger partial charge in [-0.05, 0) is 58.1 Å². The second kappa shape index (κ2) is 10.6. The Morgan fingerprint density at radius 1 is 1.08 bits per heavy atom. The standard InChI is InChI=1S/C28H36N2O8S/c1-13(2)29-12-17-11-19(39-24(17)26(29)33)20-14(3)22-21(15(4)31)25(32)30(22)23(20)27(34)36-16(5)37-28(35)38-18-9-7-6-8-10-18/h11,13-16,18,21-22,31H,6-10,12H2,1-5H3/t14-,15+,16?,21+,22+/m0/s1. The lowest BCUT2D eigenvalue weighted by atomic mass is 9.77. The molecule has 11 heteroatoms. The smallest absolute Gasteiger partial charge is 0.431 e. The molecule has 1 unspecified atom stereocenters. The SMILES string of the molecule is CC(OC(=O)OC1CCCCC1)OC(=O)C1=C(c2cc3c(s2)C(=O)N(C(C)C)C3)[C@H](C)[C@@H]2[C@@H]([C@@H](C)O)C(=O)N12. The summed E-state index contributed by atoms with van der Waals surface area (Å²) in [5, 5.41) is 10.3. The Balaban J connectivity index is 1.38. The van der Waals surface area contributed by atoms with Crippen LogP contribution in [-0.4, -0.2) is 69.4 Å². The summed E-state index contributed by atoms with van der Waals surface area (Å²) in [5.41, 5.74) is 1.55. The van der Waals surface area contributed by atoms with Gasteiger partial charge < -0.3 is 29.1 Å². The first kappa shape index (κ1) is 27.6. The van der Waals surface area contributed by atoms with Crippen molar-refractivity contribution in [3.05, 3.63) is 27.1 Å². The fraction of sp³-hybridized carbons (Fsp3) is 0.643. The molecule has 0 aromatic carbocycles. The van der Waals surface area contributed by atoms with Crippen molar-refractivity contribution in [2.75, 3.05) is 0 Å². The number of aliphatic hydroxyl groups excluding tert-OH is 1. The molecule has 1 aromatic heterocycles. The summed E-state index contributed by atoms with van der Waals surface area (Å²) in [7, 11) is 0. The summed E-state index contributed by atoms with van der Waals surface area (Å²) in [6.07, 6.45) is 1.43. The molecule has 212 valence electrons. The molecular weight excluding hydrogens is 524 g/mol. The molecule has 1 N–H and O–H groups in total. The van der Waals surface area contributed by atoms with E-state index in [-0.39, 0.29) is 35.6 Å². The first-order chi connectivity index (χ1) is 18.5. The Bertz CT molecular complexity index is 1210. The lowest BCUT2D eigenvalue weighted by molar-refractivity contribution is -0.174. The third kappa shape index (κ3) is 4.84. The van der Waals surface area contributed by atoms with E-state index in [2.05, 4.69) is 0 Å². The molecule has 1 aliphatic carbocycles. The normalized spacial score (nSPS) is 26.4. The maximum absolute atomic E-state index is 13.5. The quantitative estimate of drug-likeness (QED) is 0.301. The Morgan fingerprint density at radius 2 is 1.77 bits per heavy atom. The van der Waals surface area contributed by atoms with Crippen LogP contribution in [-0.2, 0) is 30.3 Å². The Morgan fingerprint density at radius 3 is 2.38 bits per heavy atom. The van der Waals surface area contributed by atoms with Crippen molar-refractivity contribution in [2.45, 2.75) is 104 Å². The van der Waals surface area contributed by atoms with Crippen LogP contribution in [0.4, 0.5) is 4.79 Å². The highest BCUT2D eigenvalue weighted by molar-refractivity contribution is 7.15. The van der Waals surface area contributed by atoms with E-state index in [4.69, 9.17) is 14.2 Å². The molecule has 1 saturated carbocycles. The van der Waals surface area contributed by atoms with E-state index >= 15 is 0 Å². The van der Waals surface area contributed by atoms with Gasteiger partial charge in [0.1, 0.15) is 11.8 Å². The number of amides is 2. The molecule has 4 aliphatic rings. The highest BCUT2D eigenvalue weighted by Gasteiger charge is 2.60. The molecule has 4 heterocycles. The van der Waals surface area contributed by atoms with Gasteiger partial charge in [-0.15, -0.1) is 11.3 Å². The van der Waals surface area contributed by atoms with Crippen LogP contribution in [0.5, 0.6) is 0 Å². The Kier molecular flexibility index (Phi) is 7.49. The zero-order valence-electron chi connectivity index (χ0n) is 23.0. The van der Waals surface area contributed by atoms with Crippen molar-refractivity contribution < 1.29 is 38.5 Å². The molecule has 0 radical (unpaired) electrons. The lowest BCUT2D eigenvalue weighted by Gasteiger charge is -2.46. The molecule has 5 atom stereocenters. The summed E-state index contributed by atoms with van der Waals surface area (Å²) in [5.74, 6) is -2.15. The van der Waals surface area contributed by atoms with Crippen LogP contribution in [0.3, 0.4) is 0 Å². The number of nitrogens with zero attached hydrogens (tertiary/aromatic N) is 2. The van der Waals surface area contributed by atoms with Crippen LogP contribution in [0.25, 0.3) is 5.57 Å². The molecule has 5 rings (SSSR count). The second-order valence-corrected chi connectivity index (χ2v) is 12.3. The predicted molar refractivity (Wildman–Crippen MR) is 141 cm³/mol. The van der Waals surface area contributed by atoms with E-state index in [1.807, 2.05) is 26.8 Å². The molecule has 2 amide bonds. The number of carbonyl (C=O) groups excluding carboxylic acids is 4. The van der Waals surface area contributed by atoms with Gasteiger partial charge in [0.2, 0.25) is 12.2 Å². The number of hydrogen-bond donors (Lipinski definition) is 1. The number of hydrogen-bond acceptors (Lipinski definition) is 9. The Labute approximate surface area is 231 Å². The van der Waals surface area contributed by atoms with E-state index < -0.39 is 36.5 Å². The number of rotatable bonds is 7. The van der Waals surface area contributed by atoms with E-state index in [9.17, 15) is 24.3 Å². The molecular formula is C28H36N2O8S. The van der Waals surface area contributed by atoms with Crippen molar-refractivity contribution >= 4 is 40.8 Å². The second-order valence-electron chi connectivity index (χ2n) is 11.2. The minimum atomic E-state index is -1.24. The number of β-lactam (4-membered cyclic amide) rings is 1. The van der Waals surface area contributed by atoms with Crippen LogP contribution in [0.15, 0.2) is 11.8 Å². The van der Waals surface area contributed by atoms with E-state index in [0.29, 0.717) is 21.9 Å². The summed E-state index contributed by atoms with van der Waals surface area (Å²) in [6.45, 7) is 9.31. The van der Waals surface area contributed by atoms with E-state index in [0.717, 1.165) is 37.7 Å². The number of ether oxygens (including phenoxy) is 3. The summed E-state index contributed by atoms with van der Waals surface area (Å²) >= 11 is 1.30. The summed E-state index contributed by atoms with van der Waals surface area (Å²) in [6, 6.07) is 1.56. The van der Waals surface area contributed by atoms with Gasteiger partial charge in [-0.25, -0.2) is 9.59 Å². The van der Waals surface area contributed by atoms with Gasteiger partial charge in [-0.2, -0.15) is 0 Å². The topological polar surface area (TPSA) is 123 Å². The average molecular weight is 561 g/mol. The number of thiophene rings is 1. The molecule has 1 saturated heterocycles. The van der Waals surface area contributed by atoms with E-state index in [1.165, 1.54) is 23.2 Å². The van der Waals surface area contributed by atoms with Gasteiger partial charge in [-0.3, -0.25) is 9.59 Å². The molecule has 10 nitrogen and oxygen atoms in total. The monoisotopic (exact) mass is 560 g/mol. The fourth-order valence-electron chi connectivity index (χ4n) is 6.26. The predicted octanol–water partition coefficient (Wildman–Crippen LogP) is 4.06. The minimum absolute atomic E-state index is 0.0497. The van der Waals surface area contributed by atoms with Crippen molar-refractivity contribution in [3.63, 3.8) is 0 Å². The minimum Gasteiger partial charge on any atom is -0.431 e. The van der Waals surface area contributed by atoms with Gasteiger partial charge >= 0.3 is 12.1 Å². The third-order valence-corrected chi connectivity index (χ3v) is 9.41. The summed E-state index contributed by atoms with van der Waals surface area (Å²) < 4.78 is 16.1. The molecule has 3 aliphatic heterocycles. The fourth-order valence-corrected chi connectivity index (χ4v) is 7.53. The van der Waals surface area contributed by atoms with E-state index in [1.54, 1.807) is 11.8 Å². The van der Waals surface area contributed by atoms with Crippen LogP contribution >= 0.6 is 11.3 Å². The van der Waals surface area contributed by atoms with Crippen LogP contribution in [0, 0.1) is 11.8 Å². The van der Waals surface area contributed by atoms with Crippen LogP contribution < -0.4 is 0 Å². The Hall–Kier alpha value is -2.92. The van der Waals surface area contributed by atoms with Crippen LogP contribution in [0.1, 0.15) is 86.8 Å². The molecule has 1 aromatic rings. The van der Waals surface area contributed by atoms with Gasteiger partial charge in [0.05, 0.1) is 22.9 Å². The number of carbonyl (C=O) groups is 4. The summed E-state index contributed by atoms with van der Waals surface area (Å²) in [4.78, 5) is 56.3. The highest BCUT2D eigenvalue weighted by Crippen LogP contribution is 2.52. The maximum atomic E-state index is 13.5. The van der Waals surface area contributed by atoms with Crippen molar-refractivity contribution in [2.24, 2.45) is 11.8 Å². The zero-order chi connectivity index (χ0) is 28.2. The van der Waals surface area contributed by atoms with Gasteiger partial charge in [0.25, 0.3) is 5.91 Å². The number of fused-ring (bicyclic) bond motifs is 2. The van der Waals surface area contributed by atoms with Crippen molar-refractivity contribution in [1.82, 2.24) is 9.80 Å². The number of esters is 1. The largest absolute Gasteiger partial charge is 0.511 e. The van der Waals surface area contributed by atoms with Crippen LogP contribution in [0.2, 0.25) is 0 Å². The van der Waals surface area contributed by atoms with Crippen molar-refractivity contribution in [3.8, 4) is 0 Å². The molecule has 0 bridgehead atoms. The van der Waals surface area contributed by atoms with Gasteiger partial charge in [0, 0.05) is 35.9 Å². The molecule has 39 heavy (non-hydrogen) atoms. The zero-order valence-corrected chi connectivity index (χ0v) is 23.8. The molecule has 2 fully saturated rings.